The third-order valence-corrected chi connectivity index (χ3v) is 0.350. The second-order valence-electron chi connectivity index (χ2n) is 1.19. The molecule has 0 aliphatic heterocycles. The first-order valence-corrected chi connectivity index (χ1v) is 2.17. The van der Waals surface area contributed by atoms with Gasteiger partial charge in [0.15, 0.2) is 0 Å². The van der Waals surface area contributed by atoms with Gasteiger partial charge in [0.05, 0.1) is 11.9 Å². The fourth-order valence-corrected chi connectivity index (χ4v) is 0. The Morgan fingerprint density at radius 1 is 0.733 bits per heavy atom. The van der Waals surface area contributed by atoms with Crippen LogP contribution < -0.4 is 113 Å². The summed E-state index contributed by atoms with van der Waals surface area (Å²) < 4.78 is 0. The topological polar surface area (TPSA) is 155 Å². The maximum absolute atomic E-state index is 9.10. The smallest absolute Gasteiger partial charge is 0.543 e. The zero-order valence-corrected chi connectivity index (χ0v) is 16.2. The third-order valence-electron chi connectivity index (χ3n) is 0.350. The summed E-state index contributed by atoms with van der Waals surface area (Å²) in [5.41, 5.74) is 0. The summed E-state index contributed by atoms with van der Waals surface area (Å²) in [6.45, 7) is 0. The first-order valence-electron chi connectivity index (χ1n) is 2.17. The van der Waals surface area contributed by atoms with Gasteiger partial charge in [-0.05, 0) is 0 Å². The number of carboxylic acids is 4. The van der Waals surface area contributed by atoms with E-state index >= 15 is 0 Å². The van der Waals surface area contributed by atoms with E-state index in [1.165, 1.54) is 0 Å². The van der Waals surface area contributed by atoms with E-state index in [1.807, 2.05) is 0 Å². The van der Waals surface area contributed by atoms with Gasteiger partial charge in [0.1, 0.15) is 0 Å². The number of hydrogen-bond acceptors (Lipinski definition) is 6. The predicted molar refractivity (Wildman–Crippen MR) is 25.3 cm³/mol. The molecule has 0 aromatic rings. The van der Waals surface area contributed by atoms with Gasteiger partial charge in [0.2, 0.25) is 0 Å². The molecule has 11 heteroatoms. The molecule has 0 saturated carbocycles. The molecule has 0 spiro atoms. The molecule has 0 atom stereocenters. The van der Waals surface area contributed by atoms with Crippen LogP contribution in [-0.4, -0.2) is 34.1 Å². The van der Waals surface area contributed by atoms with Crippen LogP contribution in [0.2, 0.25) is 0 Å². The summed E-state index contributed by atoms with van der Waals surface area (Å²) in [6.07, 6.45) is 0. The van der Waals surface area contributed by atoms with Crippen LogP contribution in [0.4, 0.5) is 0 Å². The fraction of sp³-hybridized carbons (Fsp3) is 0. The number of rotatable bonds is 0. The molecular formula is C4H2K2O8Pt. The normalized spacial score (nSPS) is 5.87. The second kappa shape index (κ2) is 18.2. The van der Waals surface area contributed by atoms with Gasteiger partial charge >= 0.3 is 115 Å². The second-order valence-corrected chi connectivity index (χ2v) is 1.19. The Hall–Kier alpha value is 1.84. The first-order chi connectivity index (χ1) is 5.29. The molecule has 0 bridgehead atoms. The standard InChI is InChI=1S/2C2H2O4.2K.Pt/c2*3-1(4)2(5)6;;;/h2*(H,3,4)(H,5,6);;;/q;;2*+1;/p-2. The molecule has 8 nitrogen and oxygen atoms in total. The van der Waals surface area contributed by atoms with Crippen molar-refractivity contribution in [3.63, 3.8) is 0 Å². The molecule has 0 aromatic carbocycles. The van der Waals surface area contributed by atoms with Crippen molar-refractivity contribution in [1.29, 1.82) is 0 Å². The van der Waals surface area contributed by atoms with Crippen molar-refractivity contribution in [2.24, 2.45) is 0 Å². The molecule has 78 valence electrons. The van der Waals surface area contributed by atoms with Crippen molar-refractivity contribution >= 4 is 23.9 Å². The fourth-order valence-electron chi connectivity index (χ4n) is 0. The Morgan fingerprint density at radius 2 is 0.867 bits per heavy atom. The average molecular weight is 451 g/mol. The molecule has 0 aromatic heterocycles. The van der Waals surface area contributed by atoms with Crippen molar-refractivity contribution < 1.29 is 163 Å². The van der Waals surface area contributed by atoms with Crippen LogP contribution in [0.5, 0.6) is 0 Å². The van der Waals surface area contributed by atoms with Gasteiger partial charge in [-0.2, -0.15) is 0 Å². The number of carbonyl (C=O) groups excluding carboxylic acids is 2. The van der Waals surface area contributed by atoms with Gasteiger partial charge in [-0.15, -0.1) is 0 Å². The third kappa shape index (κ3) is 31.3. The van der Waals surface area contributed by atoms with Crippen LogP contribution in [0.25, 0.3) is 0 Å². The van der Waals surface area contributed by atoms with E-state index in [9.17, 15) is 0 Å². The van der Waals surface area contributed by atoms with Gasteiger partial charge < -0.3 is 30.0 Å². The molecule has 0 unspecified atom stereocenters. The van der Waals surface area contributed by atoms with E-state index in [1.54, 1.807) is 0 Å². The van der Waals surface area contributed by atoms with Crippen LogP contribution in [0.3, 0.4) is 0 Å². The van der Waals surface area contributed by atoms with Crippen molar-refractivity contribution in [2.45, 2.75) is 0 Å². The van der Waals surface area contributed by atoms with Gasteiger partial charge in [-0.25, -0.2) is 9.59 Å². The molecule has 0 aliphatic carbocycles. The summed E-state index contributed by atoms with van der Waals surface area (Å²) in [6, 6.07) is 0. The van der Waals surface area contributed by atoms with Crippen molar-refractivity contribution in [1.82, 2.24) is 0 Å². The molecular weight excluding hydrogens is 449 g/mol. The van der Waals surface area contributed by atoms with Crippen molar-refractivity contribution in [3.05, 3.63) is 0 Å². The number of hydrogen-bond donors (Lipinski definition) is 2. The molecule has 0 heterocycles. The van der Waals surface area contributed by atoms with E-state index in [2.05, 4.69) is 0 Å². The SMILES string of the molecule is O=C(O)C(=O)O.O=C([O-])C(=O)[O-].[K+].[K+].[Pt]. The van der Waals surface area contributed by atoms with Crippen LogP contribution in [0.15, 0.2) is 0 Å². The molecule has 0 rings (SSSR count). The minimum absolute atomic E-state index is 0. The molecule has 15 heavy (non-hydrogen) atoms. The summed E-state index contributed by atoms with van der Waals surface area (Å²) in [5, 5.41) is 32.6. The Morgan fingerprint density at radius 3 is 0.867 bits per heavy atom. The van der Waals surface area contributed by atoms with Gasteiger partial charge in [-0.1, -0.05) is 0 Å². The Balaban J connectivity index is -0.0000000370. The quantitative estimate of drug-likeness (QED) is 0.272. The molecule has 0 saturated heterocycles. The minimum Gasteiger partial charge on any atom is -0.543 e. The largest absolute Gasteiger partial charge is 1.00 e. The summed E-state index contributed by atoms with van der Waals surface area (Å²) >= 11 is 0. The first kappa shape index (κ1) is 30.1. The molecule has 0 amide bonds. The van der Waals surface area contributed by atoms with E-state index in [-0.39, 0.29) is 124 Å². The van der Waals surface area contributed by atoms with E-state index in [4.69, 9.17) is 39.6 Å². The Bertz CT molecular complexity index is 181. The zero-order valence-electron chi connectivity index (χ0n) is 7.66. The number of carbonyl (C=O) groups is 4. The van der Waals surface area contributed by atoms with Crippen molar-refractivity contribution in [3.8, 4) is 0 Å². The van der Waals surface area contributed by atoms with Gasteiger partial charge in [0.25, 0.3) is 0 Å². The van der Waals surface area contributed by atoms with Crippen LogP contribution >= 0.6 is 0 Å². The minimum atomic E-state index is -2.19. The molecule has 0 fully saturated rings. The Kier molecular flexibility index (Phi) is 36.6. The maximum Gasteiger partial charge on any atom is 1.00 e. The molecule has 0 aliphatic rings. The predicted octanol–water partition coefficient (Wildman–Crippen LogP) is -10.4. The van der Waals surface area contributed by atoms with Crippen LogP contribution in [0, 0.1) is 0 Å². The molecule has 0 radical (unpaired) electrons. The van der Waals surface area contributed by atoms with Gasteiger partial charge in [0, 0.05) is 21.1 Å². The van der Waals surface area contributed by atoms with E-state index < -0.39 is 23.9 Å². The van der Waals surface area contributed by atoms with Crippen molar-refractivity contribution in [2.75, 3.05) is 0 Å². The number of aliphatic carboxylic acids is 4. The monoisotopic (exact) mass is 451 g/mol. The maximum atomic E-state index is 9.10. The van der Waals surface area contributed by atoms with Crippen LogP contribution in [-0.2, 0) is 40.2 Å². The average Bonchev–Trinajstić information content (AvgIpc) is 1.88. The summed E-state index contributed by atoms with van der Waals surface area (Å²) in [5.74, 6) is -8.02. The van der Waals surface area contributed by atoms with E-state index in [0.717, 1.165) is 0 Å². The molecule has 2 N–H and O–H groups in total. The van der Waals surface area contributed by atoms with E-state index in [0.29, 0.717) is 0 Å². The summed E-state index contributed by atoms with van der Waals surface area (Å²) in [7, 11) is 0. The number of carboxylic acid groups (broad SMARTS) is 4. The van der Waals surface area contributed by atoms with Gasteiger partial charge in [-0.3, -0.25) is 0 Å². The Labute approximate surface area is 183 Å². The van der Waals surface area contributed by atoms with Crippen LogP contribution in [0.1, 0.15) is 0 Å². The summed E-state index contributed by atoms with van der Waals surface area (Å²) in [4.78, 5) is 36.1. The zero-order chi connectivity index (χ0) is 10.3.